The average molecular weight is 417 g/mol. The van der Waals surface area contributed by atoms with E-state index in [1.807, 2.05) is 22.6 Å². The van der Waals surface area contributed by atoms with Gasteiger partial charge in [0.1, 0.15) is 15.3 Å². The summed E-state index contributed by atoms with van der Waals surface area (Å²) in [5.74, 6) is -0.701. The van der Waals surface area contributed by atoms with Crippen molar-refractivity contribution < 1.29 is 17.0 Å². The van der Waals surface area contributed by atoms with Gasteiger partial charge in [-0.05, 0) is 52.9 Å². The van der Waals surface area contributed by atoms with Crippen LogP contribution in [0.2, 0.25) is 0 Å². The SMILES string of the molecule is O=S(=O)(Oc1cccc(F)c1)n1nc(I)c2c[c]ccc21. The third kappa shape index (κ3) is 2.72. The fraction of sp³-hybridized carbons (Fsp3) is 0. The highest BCUT2D eigenvalue weighted by atomic mass is 127. The Morgan fingerprint density at radius 1 is 1.33 bits per heavy atom. The molecular weight excluding hydrogens is 410 g/mol. The molecule has 0 aliphatic heterocycles. The fourth-order valence-corrected chi connectivity index (χ4v) is 3.58. The Kier molecular flexibility index (Phi) is 3.57. The zero-order valence-corrected chi connectivity index (χ0v) is 13.3. The van der Waals surface area contributed by atoms with Gasteiger partial charge < -0.3 is 4.18 Å². The number of halogens is 2. The molecule has 0 bridgehead atoms. The maximum Gasteiger partial charge on any atom is 0.429 e. The molecule has 0 unspecified atom stereocenters. The summed E-state index contributed by atoms with van der Waals surface area (Å²) in [4.78, 5) is 0. The van der Waals surface area contributed by atoms with Crippen molar-refractivity contribution in [1.29, 1.82) is 0 Å². The van der Waals surface area contributed by atoms with Gasteiger partial charge >= 0.3 is 10.3 Å². The van der Waals surface area contributed by atoms with Gasteiger partial charge in [0.15, 0.2) is 0 Å². The van der Waals surface area contributed by atoms with Gasteiger partial charge in [-0.2, -0.15) is 8.42 Å². The first-order chi connectivity index (χ1) is 9.97. The van der Waals surface area contributed by atoms with Gasteiger partial charge in [-0.15, -0.1) is 9.19 Å². The van der Waals surface area contributed by atoms with Crippen LogP contribution in [0.1, 0.15) is 0 Å². The predicted octanol–water partition coefficient (Wildman–Crippen LogP) is 2.75. The van der Waals surface area contributed by atoms with Crippen LogP contribution in [0.15, 0.2) is 42.5 Å². The number of hydrogen-bond acceptors (Lipinski definition) is 4. The van der Waals surface area contributed by atoms with Crippen LogP contribution in [0.5, 0.6) is 5.75 Å². The summed E-state index contributed by atoms with van der Waals surface area (Å²) >= 11 is 1.92. The van der Waals surface area contributed by atoms with E-state index in [0.29, 0.717) is 14.6 Å². The van der Waals surface area contributed by atoms with Crippen molar-refractivity contribution >= 4 is 43.8 Å². The molecule has 0 saturated heterocycles. The maximum absolute atomic E-state index is 13.1. The Hall–Kier alpha value is -1.68. The molecule has 1 aromatic heterocycles. The maximum atomic E-state index is 13.1. The topological polar surface area (TPSA) is 61.2 Å². The van der Waals surface area contributed by atoms with Crippen LogP contribution in [0.25, 0.3) is 10.9 Å². The largest absolute Gasteiger partial charge is 0.429 e. The Bertz CT molecular complexity index is 924. The summed E-state index contributed by atoms with van der Waals surface area (Å²) in [7, 11) is -4.22. The molecular formula is C13H7FIN2O3S. The van der Waals surface area contributed by atoms with Crippen LogP contribution in [0.3, 0.4) is 0 Å². The van der Waals surface area contributed by atoms with E-state index in [1.165, 1.54) is 18.2 Å². The summed E-state index contributed by atoms with van der Waals surface area (Å²) in [5, 5.41) is 4.60. The first kappa shape index (κ1) is 14.3. The molecule has 107 valence electrons. The van der Waals surface area contributed by atoms with Crippen molar-refractivity contribution in [3.8, 4) is 5.75 Å². The van der Waals surface area contributed by atoms with E-state index in [4.69, 9.17) is 4.18 Å². The van der Waals surface area contributed by atoms with Crippen LogP contribution in [0, 0.1) is 15.6 Å². The molecule has 5 nitrogen and oxygen atoms in total. The quantitative estimate of drug-likeness (QED) is 0.616. The van der Waals surface area contributed by atoms with E-state index in [-0.39, 0.29) is 5.75 Å². The number of rotatable bonds is 3. The molecule has 8 heteroatoms. The van der Waals surface area contributed by atoms with Crippen molar-refractivity contribution in [2.45, 2.75) is 0 Å². The first-order valence-electron chi connectivity index (χ1n) is 5.72. The van der Waals surface area contributed by atoms with E-state index in [9.17, 15) is 12.8 Å². The molecule has 1 radical (unpaired) electrons. The molecule has 2 aromatic carbocycles. The Morgan fingerprint density at radius 2 is 2.14 bits per heavy atom. The molecule has 21 heavy (non-hydrogen) atoms. The van der Waals surface area contributed by atoms with Gasteiger partial charge in [0.25, 0.3) is 0 Å². The summed E-state index contributed by atoms with van der Waals surface area (Å²) in [6.07, 6.45) is 0. The van der Waals surface area contributed by atoms with Gasteiger partial charge in [0.05, 0.1) is 5.52 Å². The van der Waals surface area contributed by atoms with Crippen molar-refractivity contribution in [3.63, 3.8) is 0 Å². The lowest BCUT2D eigenvalue weighted by Crippen LogP contribution is -2.20. The van der Waals surface area contributed by atoms with Crippen LogP contribution in [0.4, 0.5) is 4.39 Å². The molecule has 1 heterocycles. The Morgan fingerprint density at radius 3 is 2.90 bits per heavy atom. The highest BCUT2D eigenvalue weighted by molar-refractivity contribution is 14.1. The highest BCUT2D eigenvalue weighted by Crippen LogP contribution is 2.23. The lowest BCUT2D eigenvalue weighted by molar-refractivity contribution is 0.469. The highest BCUT2D eigenvalue weighted by Gasteiger charge is 2.22. The van der Waals surface area contributed by atoms with Crippen molar-refractivity contribution in [2.24, 2.45) is 0 Å². The van der Waals surface area contributed by atoms with Crippen LogP contribution in [-0.4, -0.2) is 17.6 Å². The third-order valence-corrected chi connectivity index (χ3v) is 4.56. The minimum Gasteiger partial charge on any atom is -0.365 e. The van der Waals surface area contributed by atoms with E-state index in [0.717, 1.165) is 10.2 Å². The lowest BCUT2D eigenvalue weighted by atomic mass is 10.3. The second-order valence-corrected chi connectivity index (χ2v) is 6.47. The summed E-state index contributed by atoms with van der Waals surface area (Å²) in [5.41, 5.74) is 0.370. The average Bonchev–Trinajstić information content (AvgIpc) is 2.77. The van der Waals surface area contributed by atoms with Gasteiger partial charge in [-0.25, -0.2) is 4.39 Å². The number of benzene rings is 2. The number of fused-ring (bicyclic) bond motifs is 1. The molecule has 0 saturated carbocycles. The molecule has 3 aromatic rings. The lowest BCUT2D eigenvalue weighted by Gasteiger charge is -2.07. The standard InChI is InChI=1S/C13H7FIN2O3S/c14-9-4-3-5-10(8-9)20-21(18,19)17-12-7-2-1-6-11(12)13(15)16-17/h2-8H. The molecule has 0 aliphatic carbocycles. The molecule has 0 fully saturated rings. The molecule has 0 aliphatic rings. The van der Waals surface area contributed by atoms with Gasteiger partial charge in [-0.3, -0.25) is 0 Å². The van der Waals surface area contributed by atoms with Crippen LogP contribution < -0.4 is 4.18 Å². The zero-order valence-electron chi connectivity index (χ0n) is 10.3. The van der Waals surface area contributed by atoms with Gasteiger partial charge in [0, 0.05) is 11.5 Å². The molecule has 0 amide bonds. The zero-order chi connectivity index (χ0) is 15.0. The smallest absolute Gasteiger partial charge is 0.365 e. The normalized spacial score (nSPS) is 11.7. The first-order valence-corrected chi connectivity index (χ1v) is 8.17. The van der Waals surface area contributed by atoms with E-state index >= 15 is 0 Å². The Labute approximate surface area is 133 Å². The van der Waals surface area contributed by atoms with Crippen LogP contribution in [-0.2, 0) is 10.3 Å². The third-order valence-electron chi connectivity index (χ3n) is 2.66. The van der Waals surface area contributed by atoms with E-state index < -0.39 is 16.1 Å². The predicted molar refractivity (Wildman–Crippen MR) is 82.6 cm³/mol. The molecule has 3 rings (SSSR count). The Balaban J connectivity index is 2.09. The minimum atomic E-state index is -4.22. The van der Waals surface area contributed by atoms with Gasteiger partial charge in [-0.1, -0.05) is 12.1 Å². The van der Waals surface area contributed by atoms with Crippen molar-refractivity contribution in [2.75, 3.05) is 0 Å². The molecule has 0 N–H and O–H groups in total. The van der Waals surface area contributed by atoms with Crippen molar-refractivity contribution in [1.82, 2.24) is 9.19 Å². The number of nitrogens with zero attached hydrogens (tertiary/aromatic N) is 2. The molecule has 0 spiro atoms. The summed E-state index contributed by atoms with van der Waals surface area (Å²) in [6, 6.07) is 12.5. The fourth-order valence-electron chi connectivity index (χ4n) is 1.79. The van der Waals surface area contributed by atoms with Crippen molar-refractivity contribution in [3.05, 3.63) is 58.0 Å². The minimum absolute atomic E-state index is 0.115. The summed E-state index contributed by atoms with van der Waals surface area (Å²) < 4.78 is 43.9. The second kappa shape index (κ2) is 5.26. The number of aromatic nitrogens is 2. The number of hydrogen-bond donors (Lipinski definition) is 0. The van der Waals surface area contributed by atoms with E-state index in [1.54, 1.807) is 18.2 Å². The van der Waals surface area contributed by atoms with E-state index in [2.05, 4.69) is 11.2 Å². The monoisotopic (exact) mass is 417 g/mol. The summed E-state index contributed by atoms with van der Waals surface area (Å²) in [6.45, 7) is 0. The van der Waals surface area contributed by atoms with Gasteiger partial charge in [0.2, 0.25) is 0 Å². The second-order valence-electron chi connectivity index (χ2n) is 4.08. The van der Waals surface area contributed by atoms with Crippen LogP contribution >= 0.6 is 22.6 Å². The molecule has 0 atom stereocenters.